The Bertz CT molecular complexity index is 562. The predicted octanol–water partition coefficient (Wildman–Crippen LogP) is 3.04. The van der Waals surface area contributed by atoms with Crippen LogP contribution < -0.4 is 5.32 Å². The highest BCUT2D eigenvalue weighted by atomic mass is 14.9. The second-order valence-corrected chi connectivity index (χ2v) is 5.48. The first kappa shape index (κ1) is 10.8. The van der Waals surface area contributed by atoms with E-state index in [2.05, 4.69) is 49.4 Å². The normalized spacial score (nSPS) is 17.6. The molecule has 2 aromatic rings. The Labute approximate surface area is 102 Å². The molecule has 2 heteroatoms. The van der Waals surface area contributed by atoms with Crippen LogP contribution >= 0.6 is 0 Å². The average molecular weight is 228 g/mol. The number of likely N-dealkylation sites (N-methyl/N-ethyl adjacent to an activating group) is 1. The van der Waals surface area contributed by atoms with Crippen molar-refractivity contribution in [1.29, 1.82) is 0 Å². The molecule has 3 rings (SSSR count). The van der Waals surface area contributed by atoms with E-state index in [4.69, 9.17) is 0 Å². The van der Waals surface area contributed by atoms with Gasteiger partial charge in [0.25, 0.3) is 0 Å². The molecule has 90 valence electrons. The topological polar surface area (TPSA) is 27.8 Å². The number of hydrogen-bond acceptors (Lipinski definition) is 1. The van der Waals surface area contributed by atoms with Gasteiger partial charge in [-0.1, -0.05) is 11.6 Å². The van der Waals surface area contributed by atoms with Gasteiger partial charge in [0.05, 0.1) is 0 Å². The fraction of sp³-hybridized carbons (Fsp3) is 0.467. The molecule has 0 atom stereocenters. The van der Waals surface area contributed by atoms with Gasteiger partial charge in [0.2, 0.25) is 0 Å². The summed E-state index contributed by atoms with van der Waals surface area (Å²) < 4.78 is 0. The van der Waals surface area contributed by atoms with E-state index in [9.17, 15) is 0 Å². The summed E-state index contributed by atoms with van der Waals surface area (Å²) in [5.41, 5.74) is 5.91. The van der Waals surface area contributed by atoms with Crippen LogP contribution in [0.3, 0.4) is 0 Å². The summed E-state index contributed by atoms with van der Waals surface area (Å²) in [6.45, 7) is 5.47. The van der Waals surface area contributed by atoms with Crippen molar-refractivity contribution in [3.63, 3.8) is 0 Å². The van der Waals surface area contributed by atoms with Gasteiger partial charge >= 0.3 is 0 Å². The zero-order valence-electron chi connectivity index (χ0n) is 10.9. The van der Waals surface area contributed by atoms with Crippen LogP contribution in [0.15, 0.2) is 18.2 Å². The lowest BCUT2D eigenvalue weighted by molar-refractivity contribution is 0.625. The number of rotatable bonds is 3. The number of benzene rings is 1. The van der Waals surface area contributed by atoms with E-state index in [1.165, 1.54) is 35.0 Å². The largest absolute Gasteiger partial charge is 0.358 e. The molecule has 1 heterocycles. The molecular weight excluding hydrogens is 208 g/mol. The van der Waals surface area contributed by atoms with E-state index in [0.717, 1.165) is 6.54 Å². The highest BCUT2D eigenvalue weighted by molar-refractivity contribution is 5.87. The number of hydrogen-bond donors (Lipinski definition) is 2. The summed E-state index contributed by atoms with van der Waals surface area (Å²) in [4.78, 5) is 3.53. The van der Waals surface area contributed by atoms with Crippen molar-refractivity contribution in [2.45, 2.75) is 32.1 Å². The van der Waals surface area contributed by atoms with E-state index >= 15 is 0 Å². The molecule has 0 saturated heterocycles. The van der Waals surface area contributed by atoms with Gasteiger partial charge in [0.15, 0.2) is 0 Å². The van der Waals surface area contributed by atoms with E-state index in [1.807, 2.05) is 0 Å². The van der Waals surface area contributed by atoms with Gasteiger partial charge in [0.1, 0.15) is 0 Å². The van der Waals surface area contributed by atoms with Gasteiger partial charge < -0.3 is 10.3 Å². The summed E-state index contributed by atoms with van der Waals surface area (Å²) in [6.07, 6.45) is 2.63. The quantitative estimate of drug-likeness (QED) is 0.830. The lowest BCUT2D eigenvalue weighted by atomic mass is 9.92. The molecule has 1 aromatic carbocycles. The summed E-state index contributed by atoms with van der Waals surface area (Å²) in [6, 6.07) is 6.71. The van der Waals surface area contributed by atoms with Crippen LogP contribution in [0.5, 0.6) is 0 Å². The number of H-pyrrole nitrogens is 1. The molecule has 0 spiro atoms. The van der Waals surface area contributed by atoms with Crippen molar-refractivity contribution in [3.05, 3.63) is 35.0 Å². The zero-order valence-corrected chi connectivity index (χ0v) is 10.9. The minimum absolute atomic E-state index is 0.394. The minimum Gasteiger partial charge on any atom is -0.358 e. The van der Waals surface area contributed by atoms with E-state index < -0.39 is 0 Å². The van der Waals surface area contributed by atoms with Crippen LogP contribution in [0.4, 0.5) is 0 Å². The first-order chi connectivity index (χ1) is 8.16. The second kappa shape index (κ2) is 3.61. The number of nitrogens with one attached hydrogen (secondary N) is 2. The smallest absolute Gasteiger partial charge is 0.0459 e. The summed E-state index contributed by atoms with van der Waals surface area (Å²) in [7, 11) is 2.05. The first-order valence-corrected chi connectivity index (χ1v) is 6.40. The van der Waals surface area contributed by atoms with Crippen LogP contribution in [0, 0.1) is 13.8 Å². The van der Waals surface area contributed by atoms with Gasteiger partial charge in [0, 0.05) is 28.6 Å². The summed E-state index contributed by atoms with van der Waals surface area (Å²) >= 11 is 0. The Morgan fingerprint density at radius 3 is 2.71 bits per heavy atom. The number of aryl methyl sites for hydroxylation is 2. The van der Waals surface area contributed by atoms with Crippen LogP contribution in [-0.2, 0) is 5.41 Å². The highest BCUT2D eigenvalue weighted by Crippen LogP contribution is 2.51. The number of aromatic amines is 1. The SMILES string of the molecule is CNCC1(c2c(C)[nH]c3ccc(C)cc23)CC1. The van der Waals surface area contributed by atoms with Gasteiger partial charge in [-0.3, -0.25) is 0 Å². The number of aromatic nitrogens is 1. The maximum Gasteiger partial charge on any atom is 0.0459 e. The van der Waals surface area contributed by atoms with Crippen molar-refractivity contribution < 1.29 is 0 Å². The van der Waals surface area contributed by atoms with Crippen molar-refractivity contribution in [1.82, 2.24) is 10.3 Å². The van der Waals surface area contributed by atoms with Crippen molar-refractivity contribution in [2.24, 2.45) is 0 Å². The average Bonchev–Trinajstić information content (AvgIpc) is 2.96. The molecule has 2 N–H and O–H groups in total. The Kier molecular flexibility index (Phi) is 2.30. The maximum absolute atomic E-state index is 3.53. The zero-order chi connectivity index (χ0) is 12.0. The van der Waals surface area contributed by atoms with Gasteiger partial charge in [-0.2, -0.15) is 0 Å². The van der Waals surface area contributed by atoms with Crippen LogP contribution in [-0.4, -0.2) is 18.6 Å². The molecule has 0 radical (unpaired) electrons. The third-order valence-electron chi connectivity index (χ3n) is 4.04. The van der Waals surface area contributed by atoms with E-state index in [-0.39, 0.29) is 0 Å². The third-order valence-corrected chi connectivity index (χ3v) is 4.04. The Balaban J connectivity index is 2.21. The molecule has 2 nitrogen and oxygen atoms in total. The molecule has 1 aromatic heterocycles. The van der Waals surface area contributed by atoms with E-state index in [1.54, 1.807) is 5.56 Å². The monoisotopic (exact) mass is 228 g/mol. The Morgan fingerprint density at radius 1 is 1.29 bits per heavy atom. The highest BCUT2D eigenvalue weighted by Gasteiger charge is 2.46. The predicted molar refractivity (Wildman–Crippen MR) is 72.6 cm³/mol. The van der Waals surface area contributed by atoms with Gasteiger partial charge in [-0.15, -0.1) is 0 Å². The van der Waals surface area contributed by atoms with Crippen LogP contribution in [0.1, 0.15) is 29.7 Å². The van der Waals surface area contributed by atoms with E-state index in [0.29, 0.717) is 5.41 Å². The Hall–Kier alpha value is -1.28. The minimum atomic E-state index is 0.394. The van der Waals surface area contributed by atoms with Crippen LogP contribution in [0.2, 0.25) is 0 Å². The third kappa shape index (κ3) is 1.59. The van der Waals surface area contributed by atoms with Crippen molar-refractivity contribution in [2.75, 3.05) is 13.6 Å². The molecule has 0 aliphatic heterocycles. The van der Waals surface area contributed by atoms with Crippen molar-refractivity contribution in [3.8, 4) is 0 Å². The lowest BCUT2D eigenvalue weighted by Crippen LogP contribution is -2.24. The van der Waals surface area contributed by atoms with Gasteiger partial charge in [-0.05, 0) is 51.4 Å². The standard InChI is InChI=1S/C15H20N2/c1-10-4-5-13-12(8-10)14(11(2)17-13)15(6-7-15)9-16-3/h4-5,8,16-17H,6-7,9H2,1-3H3. The second-order valence-electron chi connectivity index (χ2n) is 5.48. The molecule has 17 heavy (non-hydrogen) atoms. The molecule has 0 bridgehead atoms. The fourth-order valence-corrected chi connectivity index (χ4v) is 3.13. The summed E-state index contributed by atoms with van der Waals surface area (Å²) in [5, 5.41) is 4.78. The van der Waals surface area contributed by atoms with Crippen LogP contribution in [0.25, 0.3) is 10.9 Å². The summed E-state index contributed by atoms with van der Waals surface area (Å²) in [5.74, 6) is 0. The molecule has 1 aliphatic carbocycles. The molecule has 1 saturated carbocycles. The van der Waals surface area contributed by atoms with Crippen molar-refractivity contribution >= 4 is 10.9 Å². The fourth-order valence-electron chi connectivity index (χ4n) is 3.13. The lowest BCUT2D eigenvalue weighted by Gasteiger charge is -2.15. The molecular formula is C15H20N2. The number of fused-ring (bicyclic) bond motifs is 1. The Morgan fingerprint density at radius 2 is 2.06 bits per heavy atom. The molecule has 1 fully saturated rings. The first-order valence-electron chi connectivity index (χ1n) is 6.40. The maximum atomic E-state index is 3.53. The molecule has 0 amide bonds. The molecule has 1 aliphatic rings. The molecule has 0 unspecified atom stereocenters. The van der Waals surface area contributed by atoms with Gasteiger partial charge in [-0.25, -0.2) is 0 Å².